The first-order valence-electron chi connectivity index (χ1n) is 8.03. The van der Waals surface area contributed by atoms with Crippen LogP contribution in [0.5, 0.6) is 0 Å². The molecule has 0 bridgehead atoms. The second-order valence-corrected chi connectivity index (χ2v) is 7.67. The Bertz CT molecular complexity index is 1010. The van der Waals surface area contributed by atoms with E-state index in [4.69, 9.17) is 0 Å². The molecule has 2 N–H and O–H groups in total. The number of nitrogens with one attached hydrogen (secondary N) is 2. The van der Waals surface area contributed by atoms with Crippen LogP contribution in [0.15, 0.2) is 48.7 Å². The molecule has 8 nitrogen and oxygen atoms in total. The highest BCUT2D eigenvalue weighted by molar-refractivity contribution is 7.88. The van der Waals surface area contributed by atoms with Gasteiger partial charge in [0.25, 0.3) is 5.91 Å². The Hall–Kier alpha value is -2.78. The van der Waals surface area contributed by atoms with Crippen molar-refractivity contribution in [2.75, 3.05) is 12.8 Å². The zero-order chi connectivity index (χ0) is 18.6. The van der Waals surface area contributed by atoms with Crippen molar-refractivity contribution in [1.82, 2.24) is 24.6 Å². The third-order valence-electron chi connectivity index (χ3n) is 3.79. The van der Waals surface area contributed by atoms with Gasteiger partial charge >= 0.3 is 0 Å². The van der Waals surface area contributed by atoms with E-state index >= 15 is 0 Å². The fourth-order valence-electron chi connectivity index (χ4n) is 2.48. The van der Waals surface area contributed by atoms with E-state index in [0.29, 0.717) is 24.4 Å². The van der Waals surface area contributed by atoms with Crippen LogP contribution in [0.1, 0.15) is 21.7 Å². The number of hydrogen-bond donors (Lipinski definition) is 2. The minimum Gasteiger partial charge on any atom is -0.345 e. The number of amides is 1. The standard InChI is InChI=1S/C17H19N5O3S/c1-26(24,25)19-10-9-13-5-7-14(8-6-13)17(23)18-12-16-21-20-15-4-2-3-11-22(15)16/h2-8,11,19H,9-10,12H2,1H3,(H,18,23). The highest BCUT2D eigenvalue weighted by Crippen LogP contribution is 2.06. The first-order valence-corrected chi connectivity index (χ1v) is 9.92. The van der Waals surface area contributed by atoms with Gasteiger partial charge in [-0.25, -0.2) is 13.1 Å². The van der Waals surface area contributed by atoms with Crippen molar-refractivity contribution in [2.24, 2.45) is 0 Å². The molecule has 0 radical (unpaired) electrons. The van der Waals surface area contributed by atoms with Gasteiger partial charge in [-0.1, -0.05) is 18.2 Å². The Kier molecular flexibility index (Phi) is 5.29. The highest BCUT2D eigenvalue weighted by Gasteiger charge is 2.09. The summed E-state index contributed by atoms with van der Waals surface area (Å²) in [5.41, 5.74) is 2.20. The summed E-state index contributed by atoms with van der Waals surface area (Å²) >= 11 is 0. The quantitative estimate of drug-likeness (QED) is 0.636. The van der Waals surface area contributed by atoms with Gasteiger partial charge in [-0.3, -0.25) is 9.20 Å². The van der Waals surface area contributed by atoms with Gasteiger partial charge in [0.05, 0.1) is 12.8 Å². The predicted molar refractivity (Wildman–Crippen MR) is 97.1 cm³/mol. The van der Waals surface area contributed by atoms with Crippen LogP contribution in [-0.4, -0.2) is 41.7 Å². The zero-order valence-electron chi connectivity index (χ0n) is 14.2. The summed E-state index contributed by atoms with van der Waals surface area (Å²) in [6.45, 7) is 0.592. The topological polar surface area (TPSA) is 105 Å². The summed E-state index contributed by atoms with van der Waals surface area (Å²) in [5, 5.41) is 10.9. The zero-order valence-corrected chi connectivity index (χ0v) is 15.0. The van der Waals surface area contributed by atoms with Crippen molar-refractivity contribution >= 4 is 21.6 Å². The molecule has 0 aliphatic heterocycles. The molecule has 0 saturated heterocycles. The van der Waals surface area contributed by atoms with Crippen LogP contribution < -0.4 is 10.0 Å². The monoisotopic (exact) mass is 373 g/mol. The molecule has 0 aliphatic rings. The molecule has 0 atom stereocenters. The third-order valence-corrected chi connectivity index (χ3v) is 4.51. The van der Waals surface area contributed by atoms with Crippen molar-refractivity contribution in [1.29, 1.82) is 0 Å². The summed E-state index contributed by atoms with van der Waals surface area (Å²) in [7, 11) is -3.19. The van der Waals surface area contributed by atoms with Crippen molar-refractivity contribution in [3.05, 3.63) is 65.6 Å². The van der Waals surface area contributed by atoms with Crippen LogP contribution in [0, 0.1) is 0 Å². The molecule has 3 aromatic rings. The maximum Gasteiger partial charge on any atom is 0.251 e. The van der Waals surface area contributed by atoms with Crippen LogP contribution in [0.4, 0.5) is 0 Å². The molecule has 136 valence electrons. The Morgan fingerprint density at radius 3 is 2.62 bits per heavy atom. The van der Waals surface area contributed by atoms with Crippen LogP contribution in [-0.2, 0) is 23.0 Å². The minimum atomic E-state index is -3.19. The lowest BCUT2D eigenvalue weighted by Crippen LogP contribution is -2.25. The lowest BCUT2D eigenvalue weighted by atomic mass is 10.1. The molecule has 26 heavy (non-hydrogen) atoms. The average Bonchev–Trinajstić information content (AvgIpc) is 3.02. The Labute approximate surface area is 151 Å². The van der Waals surface area contributed by atoms with E-state index in [1.54, 1.807) is 12.1 Å². The molecule has 2 aromatic heterocycles. The van der Waals surface area contributed by atoms with Crippen molar-refractivity contribution in [2.45, 2.75) is 13.0 Å². The molecular formula is C17H19N5O3S. The molecule has 0 saturated carbocycles. The van der Waals surface area contributed by atoms with Crippen LogP contribution in [0.3, 0.4) is 0 Å². The summed E-state index contributed by atoms with van der Waals surface area (Å²) in [5.74, 6) is 0.441. The highest BCUT2D eigenvalue weighted by atomic mass is 32.2. The largest absolute Gasteiger partial charge is 0.345 e. The number of rotatable bonds is 7. The van der Waals surface area contributed by atoms with E-state index in [-0.39, 0.29) is 12.5 Å². The van der Waals surface area contributed by atoms with Gasteiger partial charge in [-0.2, -0.15) is 0 Å². The number of pyridine rings is 1. The predicted octanol–water partition coefficient (Wildman–Crippen LogP) is 0.751. The van der Waals surface area contributed by atoms with Crippen LogP contribution in [0.25, 0.3) is 5.65 Å². The van der Waals surface area contributed by atoms with Gasteiger partial charge in [-0.15, -0.1) is 10.2 Å². The van der Waals surface area contributed by atoms with E-state index in [1.165, 1.54) is 0 Å². The first-order chi connectivity index (χ1) is 12.4. The van der Waals surface area contributed by atoms with Gasteiger partial charge in [0.15, 0.2) is 11.5 Å². The minimum absolute atomic E-state index is 0.210. The van der Waals surface area contributed by atoms with E-state index < -0.39 is 10.0 Å². The second kappa shape index (κ2) is 7.63. The lowest BCUT2D eigenvalue weighted by Gasteiger charge is -2.06. The summed E-state index contributed by atoms with van der Waals surface area (Å²) < 4.78 is 26.3. The molecule has 9 heteroatoms. The Balaban J connectivity index is 1.56. The fraction of sp³-hybridized carbons (Fsp3) is 0.235. The van der Waals surface area contributed by atoms with Gasteiger partial charge in [0.2, 0.25) is 10.0 Å². The number of carbonyl (C=O) groups excluding carboxylic acids is 1. The van der Waals surface area contributed by atoms with Gasteiger partial charge in [0.1, 0.15) is 0 Å². The molecule has 1 aromatic carbocycles. The Morgan fingerprint density at radius 1 is 1.12 bits per heavy atom. The SMILES string of the molecule is CS(=O)(=O)NCCc1ccc(C(=O)NCc2nnc3ccccn23)cc1. The number of benzene rings is 1. The van der Waals surface area contributed by atoms with Crippen molar-refractivity contribution in [3.8, 4) is 0 Å². The number of fused-ring (bicyclic) bond motifs is 1. The van der Waals surface area contributed by atoms with Gasteiger partial charge in [0, 0.05) is 18.3 Å². The number of aromatic nitrogens is 3. The van der Waals surface area contributed by atoms with Crippen molar-refractivity contribution < 1.29 is 13.2 Å². The lowest BCUT2D eigenvalue weighted by molar-refractivity contribution is 0.0949. The summed E-state index contributed by atoms with van der Waals surface area (Å²) in [6.07, 6.45) is 3.52. The smallest absolute Gasteiger partial charge is 0.251 e. The third kappa shape index (κ3) is 4.64. The molecule has 1 amide bonds. The molecule has 0 aliphatic carbocycles. The normalized spacial score (nSPS) is 11.6. The van der Waals surface area contributed by atoms with E-state index in [2.05, 4.69) is 20.2 Å². The second-order valence-electron chi connectivity index (χ2n) is 5.84. The van der Waals surface area contributed by atoms with Gasteiger partial charge in [-0.05, 0) is 36.2 Å². The molecule has 0 fully saturated rings. The van der Waals surface area contributed by atoms with E-state index in [0.717, 1.165) is 17.5 Å². The van der Waals surface area contributed by atoms with E-state index in [9.17, 15) is 13.2 Å². The molecular weight excluding hydrogens is 354 g/mol. The average molecular weight is 373 g/mol. The summed E-state index contributed by atoms with van der Waals surface area (Å²) in [6, 6.07) is 12.6. The van der Waals surface area contributed by atoms with E-state index in [1.807, 2.05) is 40.9 Å². The summed E-state index contributed by atoms with van der Waals surface area (Å²) in [4.78, 5) is 12.3. The maximum atomic E-state index is 12.3. The molecule has 0 spiro atoms. The number of carbonyl (C=O) groups is 1. The fourth-order valence-corrected chi connectivity index (χ4v) is 2.95. The number of nitrogens with zero attached hydrogens (tertiary/aromatic N) is 3. The molecule has 2 heterocycles. The number of sulfonamides is 1. The molecule has 0 unspecified atom stereocenters. The Morgan fingerprint density at radius 2 is 1.88 bits per heavy atom. The van der Waals surface area contributed by atoms with Gasteiger partial charge < -0.3 is 5.32 Å². The maximum absolute atomic E-state index is 12.3. The van der Waals surface area contributed by atoms with Crippen LogP contribution in [0.2, 0.25) is 0 Å². The van der Waals surface area contributed by atoms with Crippen molar-refractivity contribution in [3.63, 3.8) is 0 Å². The van der Waals surface area contributed by atoms with Crippen LogP contribution >= 0.6 is 0 Å². The first kappa shape index (κ1) is 18.0. The number of hydrogen-bond acceptors (Lipinski definition) is 5. The molecule has 3 rings (SSSR count).